The van der Waals surface area contributed by atoms with E-state index in [2.05, 4.69) is 16.9 Å². The summed E-state index contributed by atoms with van der Waals surface area (Å²) < 4.78 is 5.45. The molecule has 0 spiro atoms. The fourth-order valence-corrected chi connectivity index (χ4v) is 2.63. The molecule has 130 valence electrons. The second-order valence-electron chi connectivity index (χ2n) is 5.90. The van der Waals surface area contributed by atoms with Crippen LogP contribution in [0, 0.1) is 0 Å². The van der Waals surface area contributed by atoms with Crippen LogP contribution in [0.15, 0.2) is 37.2 Å². The number of carbonyl (C=O) groups is 2. The van der Waals surface area contributed by atoms with Crippen LogP contribution in [0.25, 0.3) is 0 Å². The summed E-state index contributed by atoms with van der Waals surface area (Å²) in [7, 11) is 0. The highest BCUT2D eigenvalue weighted by molar-refractivity contribution is 5.94. The molecule has 0 aromatic carbocycles. The molecule has 6 nitrogen and oxygen atoms in total. The van der Waals surface area contributed by atoms with Crippen molar-refractivity contribution in [2.45, 2.75) is 38.3 Å². The molecule has 0 bridgehead atoms. The molecular formula is C18H25N3O3. The quantitative estimate of drug-likeness (QED) is 0.611. The smallest absolute Gasteiger partial charge is 0.253 e. The summed E-state index contributed by atoms with van der Waals surface area (Å²) >= 11 is 0. The molecule has 1 N–H and O–H groups in total. The summed E-state index contributed by atoms with van der Waals surface area (Å²) in [5, 5.41) is 3.01. The van der Waals surface area contributed by atoms with Crippen LogP contribution in [-0.2, 0) is 9.53 Å². The number of piperidine rings is 1. The van der Waals surface area contributed by atoms with Crippen molar-refractivity contribution < 1.29 is 14.3 Å². The van der Waals surface area contributed by atoms with Crippen molar-refractivity contribution in [2.24, 2.45) is 0 Å². The van der Waals surface area contributed by atoms with Crippen LogP contribution < -0.4 is 5.32 Å². The number of likely N-dealkylation sites (tertiary alicyclic amines) is 1. The van der Waals surface area contributed by atoms with Gasteiger partial charge in [-0.25, -0.2) is 0 Å². The number of amides is 2. The van der Waals surface area contributed by atoms with E-state index in [9.17, 15) is 9.59 Å². The molecule has 6 heteroatoms. The van der Waals surface area contributed by atoms with Gasteiger partial charge in [0, 0.05) is 37.1 Å². The number of hydrogen-bond acceptors (Lipinski definition) is 4. The topological polar surface area (TPSA) is 71.5 Å². The summed E-state index contributed by atoms with van der Waals surface area (Å²) in [6.45, 7) is 7.14. The Morgan fingerprint density at radius 1 is 1.42 bits per heavy atom. The summed E-state index contributed by atoms with van der Waals surface area (Å²) in [4.78, 5) is 30.2. The minimum Gasteiger partial charge on any atom is -0.368 e. The van der Waals surface area contributed by atoms with Gasteiger partial charge in [0.15, 0.2) is 0 Å². The maximum Gasteiger partial charge on any atom is 0.253 e. The molecule has 1 saturated heterocycles. The van der Waals surface area contributed by atoms with Crippen LogP contribution in [0.3, 0.4) is 0 Å². The number of ether oxygens (including phenoxy) is 1. The Labute approximate surface area is 142 Å². The zero-order valence-corrected chi connectivity index (χ0v) is 14.1. The van der Waals surface area contributed by atoms with Crippen LogP contribution in [0.5, 0.6) is 0 Å². The summed E-state index contributed by atoms with van der Waals surface area (Å²) in [6, 6.07) is 3.53. The van der Waals surface area contributed by atoms with E-state index in [1.807, 2.05) is 4.90 Å². The van der Waals surface area contributed by atoms with Gasteiger partial charge in [-0.2, -0.15) is 0 Å². The summed E-state index contributed by atoms with van der Waals surface area (Å²) in [5.74, 6) is -0.0822. The maximum absolute atomic E-state index is 12.4. The van der Waals surface area contributed by atoms with Crippen molar-refractivity contribution in [3.8, 4) is 0 Å². The first-order valence-electron chi connectivity index (χ1n) is 8.34. The van der Waals surface area contributed by atoms with Crippen LogP contribution >= 0.6 is 0 Å². The summed E-state index contributed by atoms with van der Waals surface area (Å²) in [5.41, 5.74) is 0.650. The zero-order chi connectivity index (χ0) is 17.4. The van der Waals surface area contributed by atoms with Crippen molar-refractivity contribution in [3.05, 3.63) is 42.7 Å². The Morgan fingerprint density at radius 2 is 2.08 bits per heavy atom. The van der Waals surface area contributed by atoms with Crippen molar-refractivity contribution in [1.29, 1.82) is 0 Å². The van der Waals surface area contributed by atoms with E-state index in [0.29, 0.717) is 25.3 Å². The first-order valence-corrected chi connectivity index (χ1v) is 8.34. The second-order valence-corrected chi connectivity index (χ2v) is 5.90. The minimum atomic E-state index is -0.471. The van der Waals surface area contributed by atoms with E-state index in [0.717, 1.165) is 19.3 Å². The van der Waals surface area contributed by atoms with E-state index >= 15 is 0 Å². The Hall–Kier alpha value is -2.21. The molecule has 0 saturated carbocycles. The van der Waals surface area contributed by atoms with Gasteiger partial charge in [-0.15, -0.1) is 6.58 Å². The average molecular weight is 331 g/mol. The molecule has 24 heavy (non-hydrogen) atoms. The highest BCUT2D eigenvalue weighted by atomic mass is 16.5. The first-order chi connectivity index (χ1) is 11.6. The van der Waals surface area contributed by atoms with Crippen molar-refractivity contribution in [2.75, 3.05) is 19.7 Å². The Bertz CT molecular complexity index is 554. The lowest BCUT2D eigenvalue weighted by Crippen LogP contribution is -2.48. The van der Waals surface area contributed by atoms with Crippen molar-refractivity contribution in [3.63, 3.8) is 0 Å². The average Bonchev–Trinajstić information content (AvgIpc) is 2.62. The number of carbonyl (C=O) groups excluding carboxylic acids is 2. The third-order valence-corrected chi connectivity index (χ3v) is 4.11. The minimum absolute atomic E-state index is 0.0169. The van der Waals surface area contributed by atoms with Gasteiger partial charge in [0.1, 0.15) is 6.10 Å². The number of rotatable bonds is 7. The highest BCUT2D eigenvalue weighted by Gasteiger charge is 2.25. The largest absolute Gasteiger partial charge is 0.368 e. The lowest BCUT2D eigenvalue weighted by atomic mass is 10.0. The van der Waals surface area contributed by atoms with E-state index in [4.69, 9.17) is 4.74 Å². The Kier molecular flexibility index (Phi) is 6.93. The van der Waals surface area contributed by atoms with Crippen LogP contribution in [0.4, 0.5) is 0 Å². The SMILES string of the molecule is C=CCCO[C@@H](C)C(=O)NC1CCN(C(=O)c2ccncc2)CC1. The van der Waals surface area contributed by atoms with E-state index in [-0.39, 0.29) is 17.9 Å². The monoisotopic (exact) mass is 331 g/mol. The van der Waals surface area contributed by atoms with Gasteiger partial charge >= 0.3 is 0 Å². The molecule has 1 aliphatic rings. The van der Waals surface area contributed by atoms with Crippen molar-refractivity contribution >= 4 is 11.8 Å². The normalized spacial score (nSPS) is 16.5. The van der Waals surface area contributed by atoms with Crippen LogP contribution in [0.2, 0.25) is 0 Å². The molecule has 1 atom stereocenters. The van der Waals surface area contributed by atoms with Crippen LogP contribution in [-0.4, -0.2) is 53.5 Å². The second kappa shape index (κ2) is 9.17. The van der Waals surface area contributed by atoms with Gasteiger partial charge < -0.3 is 15.0 Å². The fraction of sp³-hybridized carbons (Fsp3) is 0.500. The van der Waals surface area contributed by atoms with E-state index < -0.39 is 6.10 Å². The zero-order valence-electron chi connectivity index (χ0n) is 14.1. The van der Waals surface area contributed by atoms with Gasteiger partial charge in [0.25, 0.3) is 5.91 Å². The third-order valence-electron chi connectivity index (χ3n) is 4.11. The highest BCUT2D eigenvalue weighted by Crippen LogP contribution is 2.14. The molecule has 1 aromatic rings. The number of pyridine rings is 1. The van der Waals surface area contributed by atoms with Gasteiger partial charge in [-0.05, 0) is 38.3 Å². The Morgan fingerprint density at radius 3 is 2.71 bits per heavy atom. The molecular weight excluding hydrogens is 306 g/mol. The van der Waals surface area contributed by atoms with Crippen molar-refractivity contribution in [1.82, 2.24) is 15.2 Å². The van der Waals surface area contributed by atoms with E-state index in [1.165, 1.54) is 0 Å². The Balaban J connectivity index is 1.75. The molecule has 1 aliphatic heterocycles. The van der Waals surface area contributed by atoms with Gasteiger partial charge in [0.05, 0.1) is 6.61 Å². The maximum atomic E-state index is 12.4. The number of hydrogen-bond donors (Lipinski definition) is 1. The number of aromatic nitrogens is 1. The predicted octanol–water partition coefficient (Wildman–Crippen LogP) is 1.78. The molecule has 1 aromatic heterocycles. The molecule has 0 radical (unpaired) electrons. The molecule has 2 amide bonds. The van der Waals surface area contributed by atoms with Crippen LogP contribution in [0.1, 0.15) is 36.5 Å². The predicted molar refractivity (Wildman–Crippen MR) is 91.5 cm³/mol. The molecule has 0 unspecified atom stereocenters. The molecule has 2 rings (SSSR count). The van der Waals surface area contributed by atoms with E-state index in [1.54, 1.807) is 37.5 Å². The number of nitrogens with zero attached hydrogens (tertiary/aromatic N) is 2. The third kappa shape index (κ3) is 5.16. The van der Waals surface area contributed by atoms with Gasteiger partial charge in [0.2, 0.25) is 5.91 Å². The lowest BCUT2D eigenvalue weighted by molar-refractivity contribution is -0.132. The lowest BCUT2D eigenvalue weighted by Gasteiger charge is -2.33. The molecule has 1 fully saturated rings. The summed E-state index contributed by atoms with van der Waals surface area (Å²) in [6.07, 6.45) is 6.76. The molecule has 2 heterocycles. The molecule has 0 aliphatic carbocycles. The first kappa shape index (κ1) is 18.1. The number of nitrogens with one attached hydrogen (secondary N) is 1. The van der Waals surface area contributed by atoms with Gasteiger partial charge in [-0.3, -0.25) is 14.6 Å². The van der Waals surface area contributed by atoms with Gasteiger partial charge in [-0.1, -0.05) is 6.08 Å². The fourth-order valence-electron chi connectivity index (χ4n) is 2.63. The standard InChI is InChI=1S/C18H25N3O3/c1-3-4-13-24-14(2)17(22)20-16-7-11-21(12-8-16)18(23)15-5-9-19-10-6-15/h3,5-6,9-10,14,16H,1,4,7-8,11-13H2,2H3,(H,20,22)/t14-/m0/s1.